The molecule has 1 aliphatic rings. The Balaban J connectivity index is 1.69. The summed E-state index contributed by atoms with van der Waals surface area (Å²) >= 11 is 0. The third kappa shape index (κ3) is 2.84. The molecule has 0 fully saturated rings. The minimum atomic E-state index is -0.493. The summed E-state index contributed by atoms with van der Waals surface area (Å²) in [7, 11) is 0. The van der Waals surface area contributed by atoms with Crippen molar-refractivity contribution in [1.29, 1.82) is 0 Å². The molecule has 0 unspecified atom stereocenters. The minimum absolute atomic E-state index is 0.285. The van der Waals surface area contributed by atoms with Crippen molar-refractivity contribution in [1.82, 2.24) is 19.9 Å². The number of H-pyrrole nitrogens is 1. The van der Waals surface area contributed by atoms with E-state index in [1.807, 2.05) is 39.1 Å². The molecular weight excluding hydrogens is 316 g/mol. The van der Waals surface area contributed by atoms with Gasteiger partial charge in [-0.25, -0.2) is 14.8 Å². The number of rotatable bonds is 1. The highest BCUT2D eigenvalue weighted by atomic mass is 16.6. The van der Waals surface area contributed by atoms with Crippen LogP contribution in [0.1, 0.15) is 26.3 Å². The van der Waals surface area contributed by atoms with Gasteiger partial charge in [0.25, 0.3) is 0 Å². The second-order valence-corrected chi connectivity index (χ2v) is 7.21. The Morgan fingerprint density at radius 3 is 2.92 bits per heavy atom. The van der Waals surface area contributed by atoms with Crippen LogP contribution in [0.25, 0.3) is 27.5 Å². The highest BCUT2D eigenvalue weighted by Gasteiger charge is 2.26. The zero-order chi connectivity index (χ0) is 17.6. The van der Waals surface area contributed by atoms with Gasteiger partial charge in [-0.05, 0) is 44.0 Å². The highest BCUT2D eigenvalue weighted by Crippen LogP contribution is 2.31. The predicted molar refractivity (Wildman–Crippen MR) is 97.2 cm³/mol. The van der Waals surface area contributed by atoms with E-state index in [1.54, 1.807) is 17.3 Å². The van der Waals surface area contributed by atoms with Crippen LogP contribution in [0.4, 0.5) is 4.79 Å². The first-order valence-electron chi connectivity index (χ1n) is 8.30. The third-order valence-corrected chi connectivity index (χ3v) is 4.21. The number of carbonyl (C=O) groups is 1. The lowest BCUT2D eigenvalue weighted by molar-refractivity contribution is 0.0306. The molecule has 0 radical (unpaired) electrons. The van der Waals surface area contributed by atoms with Crippen molar-refractivity contribution in [2.45, 2.75) is 26.4 Å². The van der Waals surface area contributed by atoms with Crippen molar-refractivity contribution in [3.05, 3.63) is 42.4 Å². The van der Waals surface area contributed by atoms with Crippen LogP contribution in [-0.2, 0) is 4.74 Å². The standard InChI is InChI=1S/C19H20N4O2/c1-19(2,3)25-18(24)23-9-6-12(11-23)13-4-7-20-15-10-22-17-14(16(13)15)5-8-21-17/h4-8,10,20H,9,11H2,1-3H3. The van der Waals surface area contributed by atoms with Crippen LogP contribution >= 0.6 is 0 Å². The van der Waals surface area contributed by atoms with Gasteiger partial charge in [-0.3, -0.25) is 0 Å². The van der Waals surface area contributed by atoms with E-state index in [2.05, 4.69) is 21.0 Å². The Morgan fingerprint density at radius 2 is 2.12 bits per heavy atom. The van der Waals surface area contributed by atoms with Crippen molar-refractivity contribution in [2.75, 3.05) is 13.1 Å². The van der Waals surface area contributed by atoms with Gasteiger partial charge in [0.2, 0.25) is 0 Å². The van der Waals surface area contributed by atoms with E-state index in [1.165, 1.54) is 0 Å². The summed E-state index contributed by atoms with van der Waals surface area (Å²) in [5.41, 5.74) is 3.40. The lowest BCUT2D eigenvalue weighted by atomic mass is 10.0. The van der Waals surface area contributed by atoms with Crippen LogP contribution in [0.2, 0.25) is 0 Å². The van der Waals surface area contributed by atoms with Gasteiger partial charge in [-0.2, -0.15) is 0 Å². The summed E-state index contributed by atoms with van der Waals surface area (Å²) in [6.45, 7) is 6.72. The summed E-state index contributed by atoms with van der Waals surface area (Å²) in [6.07, 6.45) is 7.27. The maximum atomic E-state index is 12.3. The molecule has 0 aromatic carbocycles. The smallest absolute Gasteiger partial charge is 0.410 e. The Hall–Kier alpha value is -2.89. The number of amides is 1. The molecule has 1 N–H and O–H groups in total. The van der Waals surface area contributed by atoms with E-state index in [9.17, 15) is 4.79 Å². The van der Waals surface area contributed by atoms with Crippen LogP contribution < -0.4 is 0 Å². The van der Waals surface area contributed by atoms with Crippen LogP contribution in [0, 0.1) is 0 Å². The van der Waals surface area contributed by atoms with E-state index < -0.39 is 5.60 Å². The number of hydrogen-bond acceptors (Lipinski definition) is 4. The second kappa shape index (κ2) is 5.58. The molecule has 4 heterocycles. The molecule has 128 valence electrons. The van der Waals surface area contributed by atoms with E-state index >= 15 is 0 Å². The lowest BCUT2D eigenvalue weighted by Crippen LogP contribution is -2.35. The van der Waals surface area contributed by atoms with Gasteiger partial charge >= 0.3 is 6.09 Å². The summed E-state index contributed by atoms with van der Waals surface area (Å²) in [5, 5.41) is 2.10. The fourth-order valence-electron chi connectivity index (χ4n) is 3.14. The fraction of sp³-hybridized carbons (Fsp3) is 0.316. The number of carbonyl (C=O) groups excluding carboxylic acids is 1. The van der Waals surface area contributed by atoms with Crippen LogP contribution in [-0.4, -0.2) is 44.6 Å². The predicted octanol–water partition coefficient (Wildman–Crippen LogP) is 3.75. The van der Waals surface area contributed by atoms with Gasteiger partial charge < -0.3 is 14.6 Å². The SMILES string of the molecule is CC(C)(C)OC(=O)N1CC=C(c2cc[nH]c3cnc4nccc4c23)C1. The maximum absolute atomic E-state index is 12.3. The molecule has 6 heteroatoms. The van der Waals surface area contributed by atoms with Crippen LogP contribution in [0.15, 0.2) is 36.8 Å². The molecule has 25 heavy (non-hydrogen) atoms. The zero-order valence-corrected chi connectivity index (χ0v) is 14.5. The van der Waals surface area contributed by atoms with Crippen LogP contribution in [0.5, 0.6) is 0 Å². The van der Waals surface area contributed by atoms with Gasteiger partial charge in [0.05, 0.1) is 11.7 Å². The van der Waals surface area contributed by atoms with E-state index in [0.29, 0.717) is 13.1 Å². The number of pyridine rings is 2. The summed E-state index contributed by atoms with van der Waals surface area (Å²) < 4.78 is 5.48. The molecule has 0 spiro atoms. The maximum Gasteiger partial charge on any atom is 0.410 e. The van der Waals surface area contributed by atoms with Crippen molar-refractivity contribution < 1.29 is 9.53 Å². The Bertz CT molecular complexity index is 997. The molecule has 0 saturated heterocycles. The van der Waals surface area contributed by atoms with Crippen molar-refractivity contribution in [3.8, 4) is 0 Å². The van der Waals surface area contributed by atoms with E-state index in [0.717, 1.165) is 33.1 Å². The molecule has 0 bridgehead atoms. The zero-order valence-electron chi connectivity index (χ0n) is 14.5. The quantitative estimate of drug-likeness (QED) is 0.735. The van der Waals surface area contributed by atoms with E-state index in [-0.39, 0.29) is 6.09 Å². The topological polar surface area (TPSA) is 71.1 Å². The summed E-state index contributed by atoms with van der Waals surface area (Å²) in [4.78, 5) is 25.9. The molecule has 1 amide bonds. The number of nitrogens with zero attached hydrogens (tertiary/aromatic N) is 3. The monoisotopic (exact) mass is 336 g/mol. The van der Waals surface area contributed by atoms with E-state index in [4.69, 9.17) is 4.74 Å². The second-order valence-electron chi connectivity index (χ2n) is 7.21. The molecule has 1 aliphatic heterocycles. The molecule has 4 rings (SSSR count). The molecule has 3 aromatic heterocycles. The number of ether oxygens (including phenoxy) is 1. The first-order chi connectivity index (χ1) is 11.9. The molecule has 3 aromatic rings. The largest absolute Gasteiger partial charge is 0.444 e. The Morgan fingerprint density at radius 1 is 1.28 bits per heavy atom. The molecule has 6 nitrogen and oxygen atoms in total. The number of aromatic amines is 1. The average molecular weight is 336 g/mol. The first kappa shape index (κ1) is 15.6. The van der Waals surface area contributed by atoms with Crippen molar-refractivity contribution >= 4 is 33.6 Å². The van der Waals surface area contributed by atoms with Gasteiger partial charge in [0, 0.05) is 36.3 Å². The Kier molecular flexibility index (Phi) is 3.49. The first-order valence-corrected chi connectivity index (χ1v) is 8.30. The number of aromatic nitrogens is 3. The minimum Gasteiger partial charge on any atom is -0.444 e. The van der Waals surface area contributed by atoms with Crippen molar-refractivity contribution in [2.24, 2.45) is 0 Å². The lowest BCUT2D eigenvalue weighted by Gasteiger charge is -2.24. The van der Waals surface area contributed by atoms with Crippen LogP contribution in [0.3, 0.4) is 0 Å². The molecule has 0 atom stereocenters. The summed E-state index contributed by atoms with van der Waals surface area (Å²) in [5.74, 6) is 0. The highest BCUT2D eigenvalue weighted by molar-refractivity contribution is 6.09. The molecular formula is C19H20N4O2. The molecule has 0 aliphatic carbocycles. The normalized spacial score (nSPS) is 15.0. The summed E-state index contributed by atoms with van der Waals surface area (Å²) in [6, 6.07) is 4.02. The van der Waals surface area contributed by atoms with Gasteiger partial charge in [0.15, 0.2) is 5.65 Å². The van der Waals surface area contributed by atoms with Crippen molar-refractivity contribution in [3.63, 3.8) is 0 Å². The van der Waals surface area contributed by atoms with Gasteiger partial charge in [0.1, 0.15) is 5.60 Å². The van der Waals surface area contributed by atoms with Gasteiger partial charge in [-0.1, -0.05) is 6.08 Å². The van der Waals surface area contributed by atoms with Gasteiger partial charge in [-0.15, -0.1) is 0 Å². The number of nitrogens with one attached hydrogen (secondary N) is 1. The Labute approximate surface area is 145 Å². The number of fused-ring (bicyclic) bond motifs is 3. The average Bonchev–Trinajstić information content (AvgIpc) is 3.22. The fourth-order valence-corrected chi connectivity index (χ4v) is 3.14. The number of hydrogen-bond donors (Lipinski definition) is 1. The molecule has 0 saturated carbocycles. The third-order valence-electron chi connectivity index (χ3n) is 4.21.